The maximum Gasteiger partial charge on any atom is 0.162 e. The molecule has 1 fully saturated rings. The number of ether oxygens (including phenoxy) is 1. The molecule has 2 rings (SSSR count). The second-order valence-corrected chi connectivity index (χ2v) is 5.75. The topological polar surface area (TPSA) is 41.5 Å². The molecule has 1 saturated heterocycles. The molecule has 0 aromatic heterocycles. The van der Waals surface area contributed by atoms with Crippen LogP contribution in [0.3, 0.4) is 0 Å². The van der Waals surface area contributed by atoms with Gasteiger partial charge in [0.05, 0.1) is 7.11 Å². The standard InChI is InChI=1S/C14H20BrNO2/c1-9-6-12(18-2)14(17)11(13(9)15)7-10-4-3-5-16-8-10/h6,10,16-17H,3-5,7-8H2,1-2H3. The number of piperidine rings is 1. The SMILES string of the molecule is COc1cc(C)c(Br)c(CC2CCCNC2)c1O. The molecule has 1 aliphatic rings. The van der Waals surface area contributed by atoms with Crippen molar-refractivity contribution >= 4 is 15.9 Å². The molecule has 0 amide bonds. The van der Waals surface area contributed by atoms with E-state index in [2.05, 4.69) is 21.2 Å². The molecule has 4 heteroatoms. The molecule has 3 nitrogen and oxygen atoms in total. The van der Waals surface area contributed by atoms with Gasteiger partial charge in [-0.05, 0) is 56.8 Å². The number of aryl methyl sites for hydroxylation is 1. The Morgan fingerprint density at radius 2 is 2.33 bits per heavy atom. The molecule has 0 aliphatic carbocycles. The molecule has 1 atom stereocenters. The highest BCUT2D eigenvalue weighted by Gasteiger charge is 2.20. The number of nitrogens with one attached hydrogen (secondary N) is 1. The van der Waals surface area contributed by atoms with E-state index in [0.29, 0.717) is 11.7 Å². The number of methoxy groups -OCH3 is 1. The van der Waals surface area contributed by atoms with E-state index in [1.54, 1.807) is 7.11 Å². The third-order valence-corrected chi connectivity index (χ3v) is 4.69. The van der Waals surface area contributed by atoms with Crippen LogP contribution in [0.25, 0.3) is 0 Å². The minimum absolute atomic E-state index is 0.278. The first-order valence-electron chi connectivity index (χ1n) is 6.39. The molecule has 2 N–H and O–H groups in total. The normalized spacial score (nSPS) is 19.8. The Labute approximate surface area is 117 Å². The van der Waals surface area contributed by atoms with Crippen LogP contribution in [0, 0.1) is 12.8 Å². The van der Waals surface area contributed by atoms with Crippen LogP contribution >= 0.6 is 15.9 Å². The fourth-order valence-corrected chi connectivity index (χ4v) is 3.01. The van der Waals surface area contributed by atoms with E-state index in [1.807, 2.05) is 13.0 Å². The summed E-state index contributed by atoms with van der Waals surface area (Å²) in [5, 5.41) is 13.7. The highest BCUT2D eigenvalue weighted by molar-refractivity contribution is 9.10. The van der Waals surface area contributed by atoms with Gasteiger partial charge in [-0.3, -0.25) is 0 Å². The van der Waals surface area contributed by atoms with E-state index < -0.39 is 0 Å². The Balaban J connectivity index is 2.27. The van der Waals surface area contributed by atoms with Gasteiger partial charge in [-0.1, -0.05) is 15.9 Å². The van der Waals surface area contributed by atoms with Crippen LogP contribution in [-0.2, 0) is 6.42 Å². The summed E-state index contributed by atoms with van der Waals surface area (Å²) in [6, 6.07) is 1.86. The Kier molecular flexibility index (Phi) is 4.51. The van der Waals surface area contributed by atoms with Crippen molar-refractivity contribution in [2.24, 2.45) is 5.92 Å². The maximum atomic E-state index is 10.2. The summed E-state index contributed by atoms with van der Waals surface area (Å²) in [7, 11) is 1.59. The fraction of sp³-hybridized carbons (Fsp3) is 0.571. The molecule has 0 saturated carbocycles. The summed E-state index contributed by atoms with van der Waals surface area (Å²) in [5.74, 6) is 1.43. The van der Waals surface area contributed by atoms with Crippen LogP contribution < -0.4 is 10.1 Å². The minimum Gasteiger partial charge on any atom is -0.504 e. The molecule has 0 bridgehead atoms. The zero-order valence-corrected chi connectivity index (χ0v) is 12.5. The third kappa shape index (κ3) is 2.81. The zero-order chi connectivity index (χ0) is 13.1. The number of halogens is 1. The first-order chi connectivity index (χ1) is 8.63. The Hall–Kier alpha value is -0.740. The molecular weight excluding hydrogens is 294 g/mol. The van der Waals surface area contributed by atoms with Gasteiger partial charge in [0, 0.05) is 10.0 Å². The molecule has 100 valence electrons. The van der Waals surface area contributed by atoms with E-state index >= 15 is 0 Å². The van der Waals surface area contributed by atoms with Crippen LogP contribution in [0.5, 0.6) is 11.5 Å². The summed E-state index contributed by atoms with van der Waals surface area (Å²) in [5.41, 5.74) is 2.07. The van der Waals surface area contributed by atoms with Gasteiger partial charge in [0.25, 0.3) is 0 Å². The molecule has 0 spiro atoms. The van der Waals surface area contributed by atoms with Crippen molar-refractivity contribution in [1.29, 1.82) is 0 Å². The zero-order valence-electron chi connectivity index (χ0n) is 10.9. The summed E-state index contributed by atoms with van der Waals surface area (Å²) >= 11 is 3.59. The largest absolute Gasteiger partial charge is 0.504 e. The van der Waals surface area contributed by atoms with Crippen molar-refractivity contribution in [3.8, 4) is 11.5 Å². The van der Waals surface area contributed by atoms with E-state index in [0.717, 1.165) is 35.1 Å². The van der Waals surface area contributed by atoms with Gasteiger partial charge >= 0.3 is 0 Å². The number of hydrogen-bond acceptors (Lipinski definition) is 3. The smallest absolute Gasteiger partial charge is 0.162 e. The Morgan fingerprint density at radius 1 is 1.56 bits per heavy atom. The van der Waals surface area contributed by atoms with Crippen molar-refractivity contribution in [1.82, 2.24) is 5.32 Å². The molecule has 1 aromatic rings. The van der Waals surface area contributed by atoms with Crippen LogP contribution in [-0.4, -0.2) is 25.3 Å². The molecular formula is C14H20BrNO2. The Morgan fingerprint density at radius 3 is 2.94 bits per heavy atom. The van der Waals surface area contributed by atoms with Gasteiger partial charge in [-0.2, -0.15) is 0 Å². The van der Waals surface area contributed by atoms with Crippen LogP contribution in [0.15, 0.2) is 10.5 Å². The van der Waals surface area contributed by atoms with Crippen molar-refractivity contribution in [2.45, 2.75) is 26.2 Å². The van der Waals surface area contributed by atoms with Crippen LogP contribution in [0.4, 0.5) is 0 Å². The van der Waals surface area contributed by atoms with Crippen molar-refractivity contribution < 1.29 is 9.84 Å². The first kappa shape index (κ1) is 13.7. The first-order valence-corrected chi connectivity index (χ1v) is 7.18. The lowest BCUT2D eigenvalue weighted by molar-refractivity contribution is 0.353. The lowest BCUT2D eigenvalue weighted by Gasteiger charge is -2.24. The summed E-state index contributed by atoms with van der Waals surface area (Å²) in [6.07, 6.45) is 3.32. The van der Waals surface area contributed by atoms with Crippen molar-refractivity contribution in [3.05, 3.63) is 21.7 Å². The molecule has 0 radical (unpaired) electrons. The number of benzene rings is 1. The van der Waals surface area contributed by atoms with Gasteiger partial charge in [-0.15, -0.1) is 0 Å². The van der Waals surface area contributed by atoms with Gasteiger partial charge in [0.15, 0.2) is 11.5 Å². The van der Waals surface area contributed by atoms with E-state index in [-0.39, 0.29) is 5.75 Å². The second kappa shape index (κ2) is 5.93. The van der Waals surface area contributed by atoms with Crippen LogP contribution in [0.1, 0.15) is 24.0 Å². The van der Waals surface area contributed by atoms with E-state index in [9.17, 15) is 5.11 Å². The lowest BCUT2D eigenvalue weighted by Crippen LogP contribution is -2.30. The number of aromatic hydroxyl groups is 1. The minimum atomic E-state index is 0.278. The lowest BCUT2D eigenvalue weighted by atomic mass is 9.91. The number of hydrogen-bond donors (Lipinski definition) is 2. The summed E-state index contributed by atoms with van der Waals surface area (Å²) < 4.78 is 6.23. The third-order valence-electron chi connectivity index (χ3n) is 3.59. The maximum absolute atomic E-state index is 10.2. The quantitative estimate of drug-likeness (QED) is 0.901. The van der Waals surface area contributed by atoms with Gasteiger partial charge in [0.1, 0.15) is 0 Å². The molecule has 18 heavy (non-hydrogen) atoms. The van der Waals surface area contributed by atoms with E-state index in [4.69, 9.17) is 4.74 Å². The predicted molar refractivity (Wildman–Crippen MR) is 76.4 cm³/mol. The van der Waals surface area contributed by atoms with Crippen LogP contribution in [0.2, 0.25) is 0 Å². The van der Waals surface area contributed by atoms with Gasteiger partial charge < -0.3 is 15.2 Å². The fourth-order valence-electron chi connectivity index (χ4n) is 2.55. The molecule has 1 aromatic carbocycles. The summed E-state index contributed by atoms with van der Waals surface area (Å²) in [6.45, 7) is 4.16. The molecule has 1 aliphatic heterocycles. The van der Waals surface area contributed by atoms with Crippen molar-refractivity contribution in [2.75, 3.05) is 20.2 Å². The van der Waals surface area contributed by atoms with Gasteiger partial charge in [0.2, 0.25) is 0 Å². The van der Waals surface area contributed by atoms with Gasteiger partial charge in [-0.25, -0.2) is 0 Å². The Bertz CT molecular complexity index is 428. The molecule has 1 unspecified atom stereocenters. The number of phenolic OH excluding ortho intramolecular Hbond substituents is 1. The predicted octanol–water partition coefficient (Wildman–Crippen LogP) is 3.01. The number of rotatable bonds is 3. The average molecular weight is 314 g/mol. The monoisotopic (exact) mass is 313 g/mol. The molecule has 1 heterocycles. The highest BCUT2D eigenvalue weighted by atomic mass is 79.9. The second-order valence-electron chi connectivity index (χ2n) is 4.95. The highest BCUT2D eigenvalue weighted by Crippen LogP contribution is 2.39. The van der Waals surface area contributed by atoms with E-state index in [1.165, 1.54) is 12.8 Å². The average Bonchev–Trinajstić information content (AvgIpc) is 2.40. The number of phenols is 1. The summed E-state index contributed by atoms with van der Waals surface area (Å²) in [4.78, 5) is 0. The van der Waals surface area contributed by atoms with Crippen molar-refractivity contribution in [3.63, 3.8) is 0 Å².